The molecule has 0 fully saturated rings. The highest BCUT2D eigenvalue weighted by molar-refractivity contribution is 5.31. The van der Waals surface area contributed by atoms with Gasteiger partial charge in [-0.2, -0.15) is 0 Å². The lowest BCUT2D eigenvalue weighted by Gasteiger charge is -2.22. The molecule has 0 radical (unpaired) electrons. The normalized spacial score (nSPS) is 13.4. The van der Waals surface area contributed by atoms with E-state index in [1.54, 1.807) is 12.1 Å². The Morgan fingerprint density at radius 3 is 2.50 bits per heavy atom. The molecule has 1 N–H and O–H groups in total. The zero-order chi connectivity index (χ0) is 13.8. The van der Waals surface area contributed by atoms with Gasteiger partial charge < -0.3 is 10.1 Å². The molecular formula is C15H24FNO. The highest BCUT2D eigenvalue weighted by atomic mass is 19.1. The van der Waals surface area contributed by atoms with Crippen molar-refractivity contribution in [2.45, 2.75) is 45.6 Å². The van der Waals surface area contributed by atoms with Gasteiger partial charge in [0.2, 0.25) is 0 Å². The Labute approximate surface area is 110 Å². The topological polar surface area (TPSA) is 21.3 Å². The van der Waals surface area contributed by atoms with Crippen molar-refractivity contribution in [2.24, 2.45) is 0 Å². The molecule has 0 aliphatic heterocycles. The summed E-state index contributed by atoms with van der Waals surface area (Å²) in [6.45, 7) is 9.48. The van der Waals surface area contributed by atoms with Gasteiger partial charge >= 0.3 is 0 Å². The molecule has 0 aliphatic carbocycles. The predicted octanol–water partition coefficient (Wildman–Crippen LogP) is 3.72. The van der Waals surface area contributed by atoms with Crippen LogP contribution in [0.25, 0.3) is 0 Å². The summed E-state index contributed by atoms with van der Waals surface area (Å²) in [6.07, 6.45) is 0.989. The number of methoxy groups -OCH3 is 1. The lowest BCUT2D eigenvalue weighted by atomic mass is 9.97. The largest absolute Gasteiger partial charge is 0.494 e. The minimum absolute atomic E-state index is 0.130. The van der Waals surface area contributed by atoms with E-state index in [9.17, 15) is 4.39 Å². The van der Waals surface area contributed by atoms with Gasteiger partial charge in [-0.1, -0.05) is 13.0 Å². The van der Waals surface area contributed by atoms with Crippen LogP contribution in [0, 0.1) is 5.82 Å². The van der Waals surface area contributed by atoms with Crippen molar-refractivity contribution >= 4 is 0 Å². The van der Waals surface area contributed by atoms with Crippen LogP contribution in [-0.2, 0) is 0 Å². The molecule has 0 aromatic heterocycles. The van der Waals surface area contributed by atoms with Gasteiger partial charge in [0.15, 0.2) is 11.6 Å². The highest BCUT2D eigenvalue weighted by Gasteiger charge is 2.12. The van der Waals surface area contributed by atoms with E-state index in [1.807, 2.05) is 6.07 Å². The highest BCUT2D eigenvalue weighted by Crippen LogP contribution is 2.24. The number of benzene rings is 1. The molecule has 1 atom stereocenters. The zero-order valence-corrected chi connectivity index (χ0v) is 12.0. The summed E-state index contributed by atoms with van der Waals surface area (Å²) in [7, 11) is 1.48. The first kappa shape index (κ1) is 15.0. The number of hydrogen-bond acceptors (Lipinski definition) is 2. The van der Waals surface area contributed by atoms with E-state index >= 15 is 0 Å². The first-order valence-electron chi connectivity index (χ1n) is 6.42. The molecule has 3 heteroatoms. The third kappa shape index (κ3) is 4.65. The second-order valence-corrected chi connectivity index (χ2v) is 5.76. The van der Waals surface area contributed by atoms with Crippen molar-refractivity contribution in [3.8, 4) is 5.75 Å². The number of nitrogens with one attached hydrogen (secondary N) is 1. The Balaban J connectivity index is 2.56. The average Bonchev–Trinajstić information content (AvgIpc) is 2.27. The lowest BCUT2D eigenvalue weighted by Crippen LogP contribution is -2.36. The van der Waals surface area contributed by atoms with E-state index in [0.29, 0.717) is 11.7 Å². The van der Waals surface area contributed by atoms with Gasteiger partial charge in [0.25, 0.3) is 0 Å². The molecule has 18 heavy (non-hydrogen) atoms. The molecule has 1 aromatic carbocycles. The van der Waals surface area contributed by atoms with Gasteiger partial charge in [0.05, 0.1) is 7.11 Å². The Morgan fingerprint density at radius 2 is 2.00 bits per heavy atom. The standard InChI is InChI=1S/C15H24FNO/c1-11(8-9-17-15(2,3)4)12-6-7-14(18-5)13(16)10-12/h6-7,10-11,17H,8-9H2,1-5H3. The fourth-order valence-corrected chi connectivity index (χ4v) is 1.82. The SMILES string of the molecule is COc1ccc(C(C)CCNC(C)(C)C)cc1F. The molecule has 102 valence electrons. The van der Waals surface area contributed by atoms with Crippen LogP contribution in [0.1, 0.15) is 45.6 Å². The summed E-state index contributed by atoms with van der Waals surface area (Å²) >= 11 is 0. The van der Waals surface area contributed by atoms with Crippen molar-refractivity contribution < 1.29 is 9.13 Å². The molecule has 0 saturated heterocycles. The monoisotopic (exact) mass is 253 g/mol. The number of ether oxygens (including phenoxy) is 1. The predicted molar refractivity (Wildman–Crippen MR) is 73.7 cm³/mol. The molecule has 0 aliphatic rings. The third-order valence-electron chi connectivity index (χ3n) is 2.98. The summed E-state index contributed by atoms with van der Waals surface area (Å²) in [4.78, 5) is 0. The first-order valence-corrected chi connectivity index (χ1v) is 6.42. The Hall–Kier alpha value is -1.09. The van der Waals surface area contributed by atoms with Gasteiger partial charge in [0.1, 0.15) is 0 Å². The second-order valence-electron chi connectivity index (χ2n) is 5.76. The van der Waals surface area contributed by atoms with Crippen molar-refractivity contribution in [3.05, 3.63) is 29.6 Å². The molecular weight excluding hydrogens is 229 g/mol. The van der Waals surface area contributed by atoms with Gasteiger partial charge in [-0.05, 0) is 57.4 Å². The fraction of sp³-hybridized carbons (Fsp3) is 0.600. The average molecular weight is 253 g/mol. The Morgan fingerprint density at radius 1 is 1.33 bits per heavy atom. The summed E-state index contributed by atoms with van der Waals surface area (Å²) in [5, 5.41) is 3.44. The Kier molecular flexibility index (Phi) is 5.15. The van der Waals surface area contributed by atoms with Crippen LogP contribution in [-0.4, -0.2) is 19.2 Å². The maximum atomic E-state index is 13.6. The van der Waals surface area contributed by atoms with Crippen LogP contribution >= 0.6 is 0 Å². The minimum Gasteiger partial charge on any atom is -0.494 e. The third-order valence-corrected chi connectivity index (χ3v) is 2.98. The van der Waals surface area contributed by atoms with Gasteiger partial charge in [0, 0.05) is 5.54 Å². The number of rotatable bonds is 5. The molecule has 1 unspecified atom stereocenters. The maximum Gasteiger partial charge on any atom is 0.165 e. The van der Waals surface area contributed by atoms with Crippen molar-refractivity contribution in [1.82, 2.24) is 5.32 Å². The zero-order valence-electron chi connectivity index (χ0n) is 12.0. The number of halogens is 1. The second kappa shape index (κ2) is 6.19. The summed E-state index contributed by atoms with van der Waals surface area (Å²) < 4.78 is 18.5. The molecule has 2 nitrogen and oxygen atoms in total. The molecule has 0 spiro atoms. The van der Waals surface area contributed by atoms with E-state index in [1.165, 1.54) is 7.11 Å². The van der Waals surface area contributed by atoms with Crippen LogP contribution in [0.5, 0.6) is 5.75 Å². The van der Waals surface area contributed by atoms with Crippen LogP contribution < -0.4 is 10.1 Å². The van der Waals surface area contributed by atoms with Crippen LogP contribution in [0.2, 0.25) is 0 Å². The van der Waals surface area contributed by atoms with Crippen molar-refractivity contribution in [2.75, 3.05) is 13.7 Å². The quantitative estimate of drug-likeness (QED) is 0.863. The first-order chi connectivity index (χ1) is 8.33. The van der Waals surface area contributed by atoms with Crippen LogP contribution in [0.3, 0.4) is 0 Å². The van der Waals surface area contributed by atoms with Gasteiger partial charge in [-0.15, -0.1) is 0 Å². The van der Waals surface area contributed by atoms with Crippen molar-refractivity contribution in [1.29, 1.82) is 0 Å². The molecule has 1 rings (SSSR count). The van der Waals surface area contributed by atoms with Gasteiger partial charge in [-0.25, -0.2) is 4.39 Å². The molecule has 0 heterocycles. The molecule has 0 bridgehead atoms. The van der Waals surface area contributed by atoms with E-state index < -0.39 is 0 Å². The Bertz CT molecular complexity index is 385. The van der Waals surface area contributed by atoms with E-state index in [-0.39, 0.29) is 11.4 Å². The maximum absolute atomic E-state index is 13.6. The van der Waals surface area contributed by atoms with Crippen LogP contribution in [0.15, 0.2) is 18.2 Å². The van der Waals surface area contributed by atoms with Gasteiger partial charge in [-0.3, -0.25) is 0 Å². The summed E-state index contributed by atoms with van der Waals surface area (Å²) in [5.74, 6) is 0.352. The van der Waals surface area contributed by atoms with E-state index in [4.69, 9.17) is 4.74 Å². The smallest absolute Gasteiger partial charge is 0.165 e. The van der Waals surface area contributed by atoms with E-state index in [0.717, 1.165) is 18.5 Å². The van der Waals surface area contributed by atoms with Crippen LogP contribution in [0.4, 0.5) is 4.39 Å². The minimum atomic E-state index is -0.286. The molecule has 0 saturated carbocycles. The van der Waals surface area contributed by atoms with E-state index in [2.05, 4.69) is 33.0 Å². The lowest BCUT2D eigenvalue weighted by molar-refractivity contribution is 0.385. The fourth-order valence-electron chi connectivity index (χ4n) is 1.82. The summed E-state index contributed by atoms with van der Waals surface area (Å²) in [5.41, 5.74) is 1.15. The molecule has 1 aromatic rings. The summed E-state index contributed by atoms with van der Waals surface area (Å²) in [6, 6.07) is 5.20. The molecule has 0 amide bonds. The van der Waals surface area contributed by atoms with Crippen molar-refractivity contribution in [3.63, 3.8) is 0 Å². The number of hydrogen-bond donors (Lipinski definition) is 1.